The lowest BCUT2D eigenvalue weighted by Crippen LogP contribution is -2.57. The quantitative estimate of drug-likeness (QED) is 0.0783. The van der Waals surface area contributed by atoms with Gasteiger partial charge in [-0.3, -0.25) is 24.0 Å². The van der Waals surface area contributed by atoms with E-state index >= 15 is 0 Å². The smallest absolute Gasteiger partial charge is 0.408 e. The number of halogens is 1. The topological polar surface area (TPSA) is 222 Å². The molecule has 0 spiro atoms. The summed E-state index contributed by atoms with van der Waals surface area (Å²) in [5, 5.41) is 22.2. The third kappa shape index (κ3) is 15.1. The van der Waals surface area contributed by atoms with E-state index in [1.165, 1.54) is 4.90 Å². The Hall–Kier alpha value is -5.06. The number of carbonyl (C=O) groups excluding carboxylic acids is 6. The molecule has 5 atom stereocenters. The van der Waals surface area contributed by atoms with Crippen LogP contribution in [-0.4, -0.2) is 87.0 Å². The van der Waals surface area contributed by atoms with E-state index in [0.717, 1.165) is 27.3 Å². The van der Waals surface area contributed by atoms with Crippen molar-refractivity contribution in [2.45, 2.75) is 143 Å². The fourth-order valence-corrected chi connectivity index (χ4v) is 8.21. The van der Waals surface area contributed by atoms with Crippen LogP contribution in [0.3, 0.4) is 0 Å². The highest BCUT2D eigenvalue weighted by Gasteiger charge is 2.44. The monoisotopic (exact) mass is 895 g/mol. The number of aliphatic hydroxyl groups is 1. The largest absolute Gasteiger partial charge is 0.444 e. The summed E-state index contributed by atoms with van der Waals surface area (Å²) in [6.45, 7) is 14.4. The van der Waals surface area contributed by atoms with Gasteiger partial charge in [0.15, 0.2) is 0 Å². The first kappa shape index (κ1) is 49.6. The van der Waals surface area contributed by atoms with Crippen LogP contribution in [0.4, 0.5) is 10.5 Å². The van der Waals surface area contributed by atoms with E-state index in [1.54, 1.807) is 55.8 Å². The van der Waals surface area contributed by atoms with Gasteiger partial charge in [0, 0.05) is 36.5 Å². The van der Waals surface area contributed by atoms with Crippen LogP contribution in [0, 0.1) is 12.3 Å². The standard InChI is InChI=1S/C45H62ClN7O8S/c1-26(29-14-16-30(17-15-29)38-27(2)48-25-62-38)49-41(58)35-23-33(54)24-53(35)42(59)39(44(3,4)5)52-37(56)13-11-9-10-12-28-20-31(46)22-32(21-28)50-40(57)34(18-19-36(47)55)51-43(60)61-45(6,7)8/h14-17,20-22,25-26,33-35,39,54H,9-13,18-19,23-24H2,1-8H3,(H2,47,55)(H,49,58)(H,50,57)(H,51,60)(H,52,56)/t26?,33-,34?,35+,39?/m1/s1. The third-order valence-electron chi connectivity index (χ3n) is 10.3. The van der Waals surface area contributed by atoms with Crippen LogP contribution >= 0.6 is 22.9 Å². The van der Waals surface area contributed by atoms with Crippen LogP contribution < -0.4 is 27.0 Å². The van der Waals surface area contributed by atoms with Gasteiger partial charge in [0.05, 0.1) is 28.2 Å². The summed E-state index contributed by atoms with van der Waals surface area (Å²) in [6, 6.07) is 9.71. The third-order valence-corrected chi connectivity index (χ3v) is 11.5. The maximum atomic E-state index is 14.1. The van der Waals surface area contributed by atoms with Gasteiger partial charge in [-0.15, -0.1) is 11.3 Å². The van der Waals surface area contributed by atoms with Crippen LogP contribution in [0.25, 0.3) is 10.4 Å². The number of carbonyl (C=O) groups is 6. The minimum absolute atomic E-state index is 0.0234. The number of thiazole rings is 1. The average Bonchev–Trinajstić information content (AvgIpc) is 3.78. The number of alkyl carbamates (subject to hydrolysis) is 1. The first-order valence-corrected chi connectivity index (χ1v) is 22.2. The molecule has 7 N–H and O–H groups in total. The second-order valence-corrected chi connectivity index (χ2v) is 19.3. The van der Waals surface area contributed by atoms with E-state index in [4.69, 9.17) is 22.1 Å². The highest BCUT2D eigenvalue weighted by molar-refractivity contribution is 7.13. The number of primary amides is 1. The first-order chi connectivity index (χ1) is 29.0. The number of aromatic nitrogens is 1. The van der Waals surface area contributed by atoms with Gasteiger partial charge in [0.25, 0.3) is 0 Å². The first-order valence-electron chi connectivity index (χ1n) is 21.0. The minimum atomic E-state index is -1.09. The molecule has 17 heteroatoms. The van der Waals surface area contributed by atoms with Gasteiger partial charge >= 0.3 is 6.09 Å². The minimum Gasteiger partial charge on any atom is -0.444 e. The van der Waals surface area contributed by atoms with Crippen molar-refractivity contribution in [2.24, 2.45) is 11.1 Å². The van der Waals surface area contributed by atoms with Crippen molar-refractivity contribution < 1.29 is 38.6 Å². The molecule has 3 aromatic rings. The molecule has 2 heterocycles. The molecule has 4 rings (SSSR count). The number of aryl methyl sites for hydroxylation is 2. The molecular weight excluding hydrogens is 834 g/mol. The van der Waals surface area contributed by atoms with E-state index in [-0.39, 0.29) is 50.1 Å². The van der Waals surface area contributed by atoms with E-state index in [1.807, 2.05) is 58.9 Å². The van der Waals surface area contributed by atoms with Crippen molar-refractivity contribution in [3.05, 3.63) is 69.8 Å². The zero-order chi connectivity index (χ0) is 45.9. The van der Waals surface area contributed by atoms with Crippen molar-refractivity contribution >= 4 is 64.3 Å². The predicted octanol–water partition coefficient (Wildman–Crippen LogP) is 6.34. The van der Waals surface area contributed by atoms with Crippen molar-refractivity contribution in [3.63, 3.8) is 0 Å². The number of benzene rings is 2. The number of nitrogens with zero attached hydrogens (tertiary/aromatic N) is 2. The average molecular weight is 897 g/mol. The molecule has 2 aromatic carbocycles. The van der Waals surface area contributed by atoms with Crippen molar-refractivity contribution in [1.29, 1.82) is 0 Å². The normalized spacial score (nSPS) is 16.8. The van der Waals surface area contributed by atoms with Gasteiger partial charge < -0.3 is 41.7 Å². The predicted molar refractivity (Wildman–Crippen MR) is 240 cm³/mol. The molecule has 15 nitrogen and oxygen atoms in total. The van der Waals surface area contributed by atoms with Gasteiger partial charge in [0.2, 0.25) is 29.5 Å². The highest BCUT2D eigenvalue weighted by Crippen LogP contribution is 2.30. The molecule has 6 amide bonds. The fraction of sp³-hybridized carbons (Fsp3) is 0.533. The second kappa shape index (κ2) is 21.8. The van der Waals surface area contributed by atoms with Gasteiger partial charge in [-0.1, -0.05) is 63.1 Å². The Labute approximate surface area is 373 Å². The summed E-state index contributed by atoms with van der Waals surface area (Å²) in [6.07, 6.45) is 0.890. The summed E-state index contributed by atoms with van der Waals surface area (Å²) in [4.78, 5) is 84.9. The van der Waals surface area contributed by atoms with Crippen molar-refractivity contribution in [2.75, 3.05) is 11.9 Å². The number of nitrogens with one attached hydrogen (secondary N) is 4. The van der Waals surface area contributed by atoms with Gasteiger partial charge in [0.1, 0.15) is 23.7 Å². The SMILES string of the molecule is Cc1ncsc1-c1ccc(C(C)NC(=O)[C@@H]2C[C@@H](O)CN2C(=O)C(NC(=O)CCCCCc2cc(Cl)cc(NC(=O)C(CCC(N)=O)NC(=O)OC(C)(C)C)c2)C(C)(C)C)cc1. The van der Waals surface area contributed by atoms with Crippen LogP contribution in [0.1, 0.15) is 116 Å². The molecule has 1 saturated heterocycles. The Morgan fingerprint density at radius 1 is 0.968 bits per heavy atom. The molecular formula is C45H62ClN7O8S. The number of likely N-dealkylation sites (tertiary alicyclic amines) is 1. The highest BCUT2D eigenvalue weighted by atomic mass is 35.5. The van der Waals surface area contributed by atoms with Crippen molar-refractivity contribution in [1.82, 2.24) is 25.8 Å². The van der Waals surface area contributed by atoms with Gasteiger partial charge in [-0.2, -0.15) is 0 Å². The summed E-state index contributed by atoms with van der Waals surface area (Å²) in [7, 11) is 0. The maximum Gasteiger partial charge on any atom is 0.408 e. The number of hydrogen-bond donors (Lipinski definition) is 6. The molecule has 3 unspecified atom stereocenters. The molecule has 338 valence electrons. The molecule has 1 fully saturated rings. The van der Waals surface area contributed by atoms with Crippen LogP contribution in [0.5, 0.6) is 0 Å². The fourth-order valence-electron chi connectivity index (χ4n) is 7.14. The van der Waals surface area contributed by atoms with Crippen molar-refractivity contribution in [3.8, 4) is 10.4 Å². The molecule has 0 saturated carbocycles. The zero-order valence-corrected chi connectivity index (χ0v) is 38.5. The number of hydrogen-bond acceptors (Lipinski definition) is 10. The molecule has 62 heavy (non-hydrogen) atoms. The van der Waals surface area contributed by atoms with E-state index in [0.29, 0.717) is 36.4 Å². The number of aliphatic hydroxyl groups excluding tert-OH is 1. The summed E-state index contributed by atoms with van der Waals surface area (Å²) >= 11 is 7.96. The number of amides is 6. The Morgan fingerprint density at radius 2 is 1.66 bits per heavy atom. The summed E-state index contributed by atoms with van der Waals surface area (Å²) < 4.78 is 5.27. The Kier molecular flexibility index (Phi) is 17.5. The van der Waals surface area contributed by atoms with E-state index in [2.05, 4.69) is 26.3 Å². The number of unbranched alkanes of at least 4 members (excludes halogenated alkanes) is 2. The molecule has 0 bridgehead atoms. The van der Waals surface area contributed by atoms with Crippen LogP contribution in [0.2, 0.25) is 5.02 Å². The second-order valence-electron chi connectivity index (χ2n) is 18.0. The Balaban J connectivity index is 1.29. The lowest BCUT2D eigenvalue weighted by atomic mass is 9.85. The number of ether oxygens (including phenoxy) is 1. The van der Waals surface area contributed by atoms with E-state index < -0.39 is 59.1 Å². The summed E-state index contributed by atoms with van der Waals surface area (Å²) in [5.74, 6) is -2.30. The molecule has 0 radical (unpaired) electrons. The summed E-state index contributed by atoms with van der Waals surface area (Å²) in [5.41, 5.74) is 9.73. The van der Waals surface area contributed by atoms with Crippen LogP contribution in [-0.2, 0) is 35.1 Å². The number of nitrogens with two attached hydrogens (primary N) is 1. The molecule has 1 aromatic heterocycles. The number of anilines is 1. The zero-order valence-electron chi connectivity index (χ0n) is 36.9. The number of rotatable bonds is 18. The number of β-amino-alcohol motifs (C(OH)–C–C–N with tert-alkyl or cyclic N) is 1. The lowest BCUT2D eigenvalue weighted by molar-refractivity contribution is -0.144. The lowest BCUT2D eigenvalue weighted by Gasteiger charge is -2.35. The van der Waals surface area contributed by atoms with Crippen LogP contribution in [0.15, 0.2) is 48.0 Å². The van der Waals surface area contributed by atoms with Gasteiger partial charge in [-0.05, 0) is 101 Å². The maximum absolute atomic E-state index is 14.1. The Morgan fingerprint density at radius 3 is 2.27 bits per heavy atom. The molecule has 1 aliphatic rings. The molecule has 1 aliphatic heterocycles. The Bertz CT molecular complexity index is 2060. The molecule has 0 aliphatic carbocycles. The van der Waals surface area contributed by atoms with Gasteiger partial charge in [-0.25, -0.2) is 9.78 Å². The van der Waals surface area contributed by atoms with E-state index in [9.17, 15) is 33.9 Å².